The Hall–Kier alpha value is -1.43. The second-order valence-corrected chi connectivity index (χ2v) is 3.98. The summed E-state index contributed by atoms with van der Waals surface area (Å²) in [6, 6.07) is 30.0. The Balaban J connectivity index is 0. The predicted octanol–water partition coefficient (Wildman–Crippen LogP) is 5.71. The summed E-state index contributed by atoms with van der Waals surface area (Å²) in [5.41, 5.74) is 0. The van der Waals surface area contributed by atoms with Crippen LogP contribution in [0.15, 0.2) is 115 Å². The molecule has 0 unspecified atom stereocenters. The summed E-state index contributed by atoms with van der Waals surface area (Å²) >= 11 is 0. The van der Waals surface area contributed by atoms with Gasteiger partial charge in [-0.1, -0.05) is 24.3 Å². The Kier molecular flexibility index (Phi) is 20.3. The molecule has 0 amide bonds. The third-order valence-corrected chi connectivity index (χ3v) is 2.32. The van der Waals surface area contributed by atoms with Crippen molar-refractivity contribution in [3.63, 3.8) is 0 Å². The van der Waals surface area contributed by atoms with E-state index in [2.05, 4.69) is 24.3 Å². The van der Waals surface area contributed by atoms with Crippen molar-refractivity contribution < 1.29 is 34.1 Å². The Morgan fingerprint density at radius 1 is 0.455 bits per heavy atom. The van der Waals surface area contributed by atoms with E-state index in [0.717, 1.165) is 6.42 Å². The van der Waals surface area contributed by atoms with E-state index in [1.54, 1.807) is 0 Å². The van der Waals surface area contributed by atoms with Crippen LogP contribution in [0.25, 0.3) is 0 Å². The van der Waals surface area contributed by atoms with Crippen molar-refractivity contribution in [3.8, 4) is 0 Å². The van der Waals surface area contributed by atoms with Gasteiger partial charge in [0.2, 0.25) is 0 Å². The Labute approximate surface area is 155 Å². The van der Waals surface area contributed by atoms with Crippen LogP contribution >= 0.6 is 0 Å². The molecule has 0 aliphatic heterocycles. The molecule has 22 heavy (non-hydrogen) atoms. The van der Waals surface area contributed by atoms with Crippen molar-refractivity contribution in [3.05, 3.63) is 115 Å². The first kappa shape index (κ1) is 22.8. The van der Waals surface area contributed by atoms with Crippen LogP contribution in [0.1, 0.15) is 6.42 Å². The molecule has 0 radical (unpaired) electrons. The minimum Gasteiger partial charge on any atom is -0.214 e. The smallest absolute Gasteiger partial charge is 0.214 e. The SMILES string of the molecule is C1=CCC=C1.[Fe+2].[Fe+2].c1cc[cH-]c1.c1cc[cH-]c1.c1cc[cH-]c1. The predicted molar refractivity (Wildman–Crippen MR) is 89.0 cm³/mol. The molecule has 0 spiro atoms. The van der Waals surface area contributed by atoms with Crippen molar-refractivity contribution in [1.82, 2.24) is 0 Å². The maximum atomic E-state index is 2.12. The molecular formula is C20H21Fe2+. The third-order valence-electron chi connectivity index (χ3n) is 2.32. The van der Waals surface area contributed by atoms with E-state index in [-0.39, 0.29) is 34.1 Å². The zero-order valence-electron chi connectivity index (χ0n) is 12.4. The van der Waals surface area contributed by atoms with E-state index in [0.29, 0.717) is 0 Å². The molecule has 0 fully saturated rings. The first-order valence-electron chi connectivity index (χ1n) is 6.82. The summed E-state index contributed by atoms with van der Waals surface area (Å²) in [6.07, 6.45) is 9.50. The van der Waals surface area contributed by atoms with Crippen LogP contribution in [0.3, 0.4) is 0 Å². The fourth-order valence-electron chi connectivity index (χ4n) is 1.36. The fourth-order valence-corrected chi connectivity index (χ4v) is 1.36. The van der Waals surface area contributed by atoms with Gasteiger partial charge in [0.15, 0.2) is 0 Å². The van der Waals surface area contributed by atoms with E-state index in [1.165, 1.54) is 0 Å². The summed E-state index contributed by atoms with van der Waals surface area (Å²) in [4.78, 5) is 0. The van der Waals surface area contributed by atoms with Crippen LogP contribution in [0.2, 0.25) is 0 Å². The summed E-state index contributed by atoms with van der Waals surface area (Å²) in [5.74, 6) is 0. The van der Waals surface area contributed by atoms with E-state index in [9.17, 15) is 0 Å². The van der Waals surface area contributed by atoms with Crippen LogP contribution in [-0.2, 0) is 34.1 Å². The molecule has 0 bridgehead atoms. The van der Waals surface area contributed by atoms with Crippen LogP contribution in [0.5, 0.6) is 0 Å². The third kappa shape index (κ3) is 16.6. The summed E-state index contributed by atoms with van der Waals surface area (Å²) in [5, 5.41) is 0. The minimum absolute atomic E-state index is 0. The normalized spacial score (nSPS) is 9.45. The Morgan fingerprint density at radius 3 is 0.818 bits per heavy atom. The summed E-state index contributed by atoms with van der Waals surface area (Å²) in [7, 11) is 0. The largest absolute Gasteiger partial charge is 2.00 e. The topological polar surface area (TPSA) is 0 Å². The average Bonchev–Trinajstić information content (AvgIpc) is 3.40. The first-order valence-corrected chi connectivity index (χ1v) is 6.82. The second-order valence-electron chi connectivity index (χ2n) is 3.98. The van der Waals surface area contributed by atoms with Crippen molar-refractivity contribution in [1.29, 1.82) is 0 Å². The monoisotopic (exact) mass is 373 g/mol. The second kappa shape index (κ2) is 19.6. The molecule has 0 aromatic heterocycles. The van der Waals surface area contributed by atoms with Gasteiger partial charge in [0.25, 0.3) is 0 Å². The minimum atomic E-state index is 0. The standard InChI is InChI=1S/C5H6.3C5H5.2Fe/c4*1-2-4-5-3-1;;/h1-4H,5H2;3*1-5H;;/q;3*-1;2*+2. The fraction of sp³-hybridized carbons (Fsp3) is 0.0500. The molecular weight excluding hydrogens is 352 g/mol. The molecule has 1 aliphatic carbocycles. The molecule has 1 aliphatic rings. The van der Waals surface area contributed by atoms with E-state index in [4.69, 9.17) is 0 Å². The van der Waals surface area contributed by atoms with Crippen LogP contribution in [0.4, 0.5) is 0 Å². The zero-order valence-corrected chi connectivity index (χ0v) is 14.6. The molecule has 0 atom stereocenters. The van der Waals surface area contributed by atoms with Gasteiger partial charge in [-0.15, -0.1) is 0 Å². The van der Waals surface area contributed by atoms with Crippen molar-refractivity contribution in [2.75, 3.05) is 0 Å². The number of rotatable bonds is 0. The molecule has 3 aromatic rings. The van der Waals surface area contributed by atoms with E-state index < -0.39 is 0 Å². The van der Waals surface area contributed by atoms with Crippen LogP contribution in [0, 0.1) is 0 Å². The Bertz CT molecular complexity index is 376. The maximum Gasteiger partial charge on any atom is 2.00 e. The molecule has 4 rings (SSSR count). The summed E-state index contributed by atoms with van der Waals surface area (Å²) < 4.78 is 0. The molecule has 0 saturated carbocycles. The first-order chi connectivity index (χ1) is 10.0. The average molecular weight is 373 g/mol. The van der Waals surface area contributed by atoms with Gasteiger partial charge in [0.1, 0.15) is 0 Å². The van der Waals surface area contributed by atoms with Crippen molar-refractivity contribution >= 4 is 0 Å². The number of hydrogen-bond donors (Lipinski definition) is 0. The van der Waals surface area contributed by atoms with Gasteiger partial charge in [-0.3, -0.25) is 0 Å². The zero-order chi connectivity index (χ0) is 14.1. The molecule has 0 saturated heterocycles. The van der Waals surface area contributed by atoms with Gasteiger partial charge in [0.05, 0.1) is 0 Å². The van der Waals surface area contributed by atoms with Gasteiger partial charge in [-0.2, -0.15) is 54.6 Å². The van der Waals surface area contributed by atoms with E-state index in [1.807, 2.05) is 91.0 Å². The molecule has 0 N–H and O–H groups in total. The number of hydrogen-bond acceptors (Lipinski definition) is 0. The van der Waals surface area contributed by atoms with E-state index >= 15 is 0 Å². The Morgan fingerprint density at radius 2 is 0.727 bits per heavy atom. The van der Waals surface area contributed by atoms with Crippen molar-refractivity contribution in [2.45, 2.75) is 6.42 Å². The molecule has 0 nitrogen and oxygen atoms in total. The number of allylic oxidation sites excluding steroid dienone is 4. The molecule has 0 heterocycles. The van der Waals surface area contributed by atoms with Gasteiger partial charge < -0.3 is 0 Å². The quantitative estimate of drug-likeness (QED) is 0.350. The van der Waals surface area contributed by atoms with Gasteiger partial charge >= 0.3 is 34.1 Å². The van der Waals surface area contributed by atoms with Gasteiger partial charge in [-0.05, 0) is 6.42 Å². The van der Waals surface area contributed by atoms with Crippen LogP contribution in [-0.4, -0.2) is 0 Å². The molecule has 2 heteroatoms. The maximum absolute atomic E-state index is 2.12. The van der Waals surface area contributed by atoms with Crippen LogP contribution < -0.4 is 0 Å². The molecule has 3 aromatic carbocycles. The van der Waals surface area contributed by atoms with Gasteiger partial charge in [-0.25, -0.2) is 36.4 Å². The van der Waals surface area contributed by atoms with Gasteiger partial charge in [0, 0.05) is 0 Å². The summed E-state index contributed by atoms with van der Waals surface area (Å²) in [6.45, 7) is 0. The van der Waals surface area contributed by atoms with Crippen molar-refractivity contribution in [2.24, 2.45) is 0 Å². The molecule has 116 valence electrons.